The summed E-state index contributed by atoms with van der Waals surface area (Å²) in [5.41, 5.74) is 0.00462. The second kappa shape index (κ2) is 7.03. The molecule has 0 saturated carbocycles. The van der Waals surface area contributed by atoms with E-state index in [2.05, 4.69) is 4.98 Å². The Morgan fingerprint density at radius 2 is 1.96 bits per heavy atom. The number of nitrogens with zero attached hydrogens (tertiary/aromatic N) is 2. The molecule has 0 aliphatic rings. The van der Waals surface area contributed by atoms with Crippen LogP contribution in [-0.2, 0) is 11.8 Å². The van der Waals surface area contributed by atoms with E-state index in [0.29, 0.717) is 33.6 Å². The topological polar surface area (TPSA) is 71.1 Å². The van der Waals surface area contributed by atoms with Gasteiger partial charge in [0, 0.05) is 11.4 Å². The zero-order valence-corrected chi connectivity index (χ0v) is 15.7. The number of rotatable bonds is 4. The van der Waals surface area contributed by atoms with Crippen LogP contribution in [-0.4, -0.2) is 14.9 Å². The molecule has 0 spiro atoms. The molecule has 1 aromatic carbocycles. The maximum Gasteiger partial charge on any atom is 0.228 e. The predicted octanol–water partition coefficient (Wildman–Crippen LogP) is 4.95. The molecular formula is C17H21Cl2N3O2. The fourth-order valence-electron chi connectivity index (χ4n) is 2.35. The van der Waals surface area contributed by atoms with Crippen LogP contribution in [0.5, 0.6) is 11.6 Å². The highest BCUT2D eigenvalue weighted by Gasteiger charge is 2.26. The van der Waals surface area contributed by atoms with Crippen LogP contribution >= 0.6 is 23.2 Å². The first-order valence-corrected chi connectivity index (χ1v) is 8.44. The van der Waals surface area contributed by atoms with Gasteiger partial charge in [-0.1, -0.05) is 50.9 Å². The summed E-state index contributed by atoms with van der Waals surface area (Å²) < 4.78 is 6.72. The van der Waals surface area contributed by atoms with Gasteiger partial charge in [0.2, 0.25) is 5.88 Å². The summed E-state index contributed by atoms with van der Waals surface area (Å²) in [7, 11) is 0. The fourth-order valence-corrected chi connectivity index (χ4v) is 2.80. The van der Waals surface area contributed by atoms with E-state index in [1.807, 2.05) is 27.7 Å². The summed E-state index contributed by atoms with van der Waals surface area (Å²) in [5, 5.41) is 19.4. The Hall–Kier alpha value is -1.72. The number of ether oxygens (including phenoxy) is 1. The summed E-state index contributed by atoms with van der Waals surface area (Å²) in [4.78, 5) is 4.43. The summed E-state index contributed by atoms with van der Waals surface area (Å²) >= 11 is 12.1. The largest absolute Gasteiger partial charge is 0.437 e. The second-order valence-electron chi connectivity index (χ2n) is 6.55. The Morgan fingerprint density at radius 3 is 2.50 bits per heavy atom. The van der Waals surface area contributed by atoms with Crippen molar-refractivity contribution in [2.24, 2.45) is 0 Å². The van der Waals surface area contributed by atoms with Crippen LogP contribution in [0.4, 0.5) is 0 Å². The van der Waals surface area contributed by atoms with Crippen LogP contribution in [0.25, 0.3) is 0 Å². The molecular weight excluding hydrogens is 349 g/mol. The lowest BCUT2D eigenvalue weighted by molar-refractivity contribution is 0.150. The van der Waals surface area contributed by atoms with Crippen LogP contribution < -0.4 is 10.2 Å². The predicted molar refractivity (Wildman–Crippen MR) is 94.5 cm³/mol. The van der Waals surface area contributed by atoms with E-state index >= 15 is 0 Å². The summed E-state index contributed by atoms with van der Waals surface area (Å²) in [6.45, 7) is 7.76. The van der Waals surface area contributed by atoms with E-state index in [1.165, 1.54) is 0 Å². The lowest BCUT2D eigenvalue weighted by Gasteiger charge is -2.23. The molecule has 2 aromatic rings. The molecule has 0 amide bonds. The van der Waals surface area contributed by atoms with Gasteiger partial charge in [-0.15, -0.1) is 0 Å². The number of aromatic nitrogens is 2. The SMILES string of the molecule is CCCc1nc(Oc2ccc(Cl)cc2Cl)c(C(C)(C)C)c(=N)n1O. The standard InChI is InChI=1S/C17H21Cl2N3O2/c1-5-6-13-21-16(14(17(2,3)4)15(20)22(13)23)24-12-8-7-10(18)9-11(12)19/h7-9,20,23H,5-6H2,1-4H3. The molecule has 130 valence electrons. The maximum atomic E-state index is 10.2. The van der Waals surface area contributed by atoms with E-state index in [4.69, 9.17) is 33.3 Å². The lowest BCUT2D eigenvalue weighted by Crippen LogP contribution is -2.33. The van der Waals surface area contributed by atoms with Crippen LogP contribution in [0.1, 0.15) is 45.5 Å². The van der Waals surface area contributed by atoms with Gasteiger partial charge >= 0.3 is 0 Å². The number of hydrogen-bond acceptors (Lipinski definition) is 4. The molecule has 0 unspecified atom stereocenters. The van der Waals surface area contributed by atoms with Gasteiger partial charge in [-0.3, -0.25) is 5.41 Å². The Labute approximate surface area is 151 Å². The average molecular weight is 370 g/mol. The number of nitrogens with one attached hydrogen (secondary N) is 1. The normalized spacial score (nSPS) is 11.6. The van der Waals surface area contributed by atoms with Gasteiger partial charge in [-0.2, -0.15) is 9.71 Å². The third kappa shape index (κ3) is 3.84. The summed E-state index contributed by atoms with van der Waals surface area (Å²) in [5.74, 6) is 1.04. The number of aryl methyl sites for hydroxylation is 1. The Balaban J connectivity index is 2.64. The monoisotopic (exact) mass is 369 g/mol. The fraction of sp³-hybridized carbons (Fsp3) is 0.412. The van der Waals surface area contributed by atoms with Crippen molar-refractivity contribution < 1.29 is 9.94 Å². The molecule has 7 heteroatoms. The van der Waals surface area contributed by atoms with Crippen LogP contribution in [0.3, 0.4) is 0 Å². The molecule has 2 rings (SSSR count). The van der Waals surface area contributed by atoms with Crippen molar-refractivity contribution in [3.05, 3.63) is 45.1 Å². The highest BCUT2D eigenvalue weighted by molar-refractivity contribution is 6.35. The minimum Gasteiger partial charge on any atom is -0.437 e. The van der Waals surface area contributed by atoms with Crippen molar-refractivity contribution in [3.8, 4) is 11.6 Å². The molecule has 0 bridgehead atoms. The zero-order valence-electron chi connectivity index (χ0n) is 14.2. The van der Waals surface area contributed by atoms with Crippen molar-refractivity contribution in [1.82, 2.24) is 9.71 Å². The second-order valence-corrected chi connectivity index (χ2v) is 7.39. The molecule has 2 N–H and O–H groups in total. The maximum absolute atomic E-state index is 10.2. The Morgan fingerprint density at radius 1 is 1.29 bits per heavy atom. The molecule has 24 heavy (non-hydrogen) atoms. The molecule has 0 aliphatic carbocycles. The van der Waals surface area contributed by atoms with E-state index in [-0.39, 0.29) is 11.4 Å². The molecule has 0 saturated heterocycles. The quantitative estimate of drug-likeness (QED) is 0.748. The molecule has 0 atom stereocenters. The van der Waals surface area contributed by atoms with Gasteiger partial charge < -0.3 is 9.94 Å². The molecule has 5 nitrogen and oxygen atoms in total. The minimum absolute atomic E-state index is 0.0407. The van der Waals surface area contributed by atoms with Gasteiger partial charge in [0.25, 0.3) is 0 Å². The summed E-state index contributed by atoms with van der Waals surface area (Å²) in [6, 6.07) is 4.91. The average Bonchev–Trinajstić information content (AvgIpc) is 2.46. The van der Waals surface area contributed by atoms with Crippen molar-refractivity contribution in [2.75, 3.05) is 0 Å². The molecule has 0 aliphatic heterocycles. The third-order valence-electron chi connectivity index (χ3n) is 3.46. The zero-order chi connectivity index (χ0) is 18.1. The van der Waals surface area contributed by atoms with E-state index in [0.717, 1.165) is 11.2 Å². The summed E-state index contributed by atoms with van der Waals surface area (Å²) in [6.07, 6.45) is 1.31. The Bertz CT molecular complexity index is 811. The van der Waals surface area contributed by atoms with Gasteiger partial charge in [0.15, 0.2) is 11.3 Å². The van der Waals surface area contributed by atoms with E-state index in [9.17, 15) is 5.21 Å². The van der Waals surface area contributed by atoms with Gasteiger partial charge in [-0.25, -0.2) is 0 Å². The first-order valence-electron chi connectivity index (χ1n) is 7.68. The number of hydrogen-bond donors (Lipinski definition) is 2. The van der Waals surface area contributed by atoms with Crippen molar-refractivity contribution in [1.29, 1.82) is 5.41 Å². The first kappa shape index (κ1) is 18.6. The van der Waals surface area contributed by atoms with Crippen molar-refractivity contribution in [2.45, 2.75) is 46.0 Å². The molecule has 0 radical (unpaired) electrons. The first-order chi connectivity index (χ1) is 11.1. The van der Waals surface area contributed by atoms with Crippen LogP contribution in [0.2, 0.25) is 10.0 Å². The van der Waals surface area contributed by atoms with E-state index < -0.39 is 5.41 Å². The number of benzene rings is 1. The smallest absolute Gasteiger partial charge is 0.228 e. The molecule has 0 fully saturated rings. The third-order valence-corrected chi connectivity index (χ3v) is 3.99. The van der Waals surface area contributed by atoms with Gasteiger partial charge in [0.1, 0.15) is 5.75 Å². The van der Waals surface area contributed by atoms with Crippen LogP contribution in [0, 0.1) is 5.41 Å². The Kier molecular flexibility index (Phi) is 5.45. The van der Waals surface area contributed by atoms with Crippen LogP contribution in [0.15, 0.2) is 18.2 Å². The van der Waals surface area contributed by atoms with Gasteiger partial charge in [0.05, 0.1) is 10.6 Å². The van der Waals surface area contributed by atoms with E-state index in [1.54, 1.807) is 18.2 Å². The highest BCUT2D eigenvalue weighted by Crippen LogP contribution is 2.34. The van der Waals surface area contributed by atoms with Crippen molar-refractivity contribution in [3.63, 3.8) is 0 Å². The molecule has 1 heterocycles. The van der Waals surface area contributed by atoms with Gasteiger partial charge in [-0.05, 0) is 30.0 Å². The lowest BCUT2D eigenvalue weighted by atomic mass is 9.88. The molecule has 1 aromatic heterocycles. The number of halogens is 2. The highest BCUT2D eigenvalue weighted by atomic mass is 35.5. The minimum atomic E-state index is -0.451. The van der Waals surface area contributed by atoms with Crippen molar-refractivity contribution >= 4 is 23.2 Å².